The molecule has 1 aliphatic carbocycles. The number of carbonyl (C=O) groups is 2. The van der Waals surface area contributed by atoms with Crippen molar-refractivity contribution in [3.63, 3.8) is 0 Å². The summed E-state index contributed by atoms with van der Waals surface area (Å²) in [5.41, 5.74) is 3.68. The molecule has 2 fully saturated rings. The van der Waals surface area contributed by atoms with Gasteiger partial charge in [-0.1, -0.05) is 48.5 Å². The Balaban J connectivity index is 1.11. The maximum Gasteiger partial charge on any atom is 0.409 e. The zero-order valence-corrected chi connectivity index (χ0v) is 21.5. The molecule has 1 amide bonds. The number of carboxylic acids is 1. The number of pyridine rings is 1. The van der Waals surface area contributed by atoms with Gasteiger partial charge in [0.05, 0.1) is 25.4 Å². The van der Waals surface area contributed by atoms with Gasteiger partial charge in [0.15, 0.2) is 0 Å². The number of hydrogen-bond donors (Lipinski definition) is 1. The minimum atomic E-state index is -1.06. The minimum absolute atomic E-state index is 0.00475. The van der Waals surface area contributed by atoms with Gasteiger partial charge in [-0.25, -0.2) is 9.59 Å². The van der Waals surface area contributed by atoms with Gasteiger partial charge in [0.2, 0.25) is 0 Å². The Morgan fingerprint density at radius 2 is 1.73 bits per heavy atom. The van der Waals surface area contributed by atoms with Crippen molar-refractivity contribution in [3.05, 3.63) is 88.2 Å². The number of aliphatic carboxylic acids is 1. The molecule has 3 aliphatic rings. The molecule has 1 spiro atoms. The van der Waals surface area contributed by atoms with Crippen LogP contribution in [-0.2, 0) is 24.6 Å². The quantitative estimate of drug-likeness (QED) is 0.468. The highest BCUT2D eigenvalue weighted by Crippen LogP contribution is 2.47. The Morgan fingerprint density at radius 1 is 1.05 bits per heavy atom. The van der Waals surface area contributed by atoms with Gasteiger partial charge in [-0.15, -0.1) is 0 Å². The Bertz CT molecular complexity index is 1310. The number of halogens is 1. The van der Waals surface area contributed by atoms with Crippen LogP contribution >= 0.6 is 15.9 Å². The predicted molar refractivity (Wildman–Crippen MR) is 137 cm³/mol. The van der Waals surface area contributed by atoms with E-state index in [4.69, 9.17) is 14.2 Å². The highest BCUT2D eigenvalue weighted by Gasteiger charge is 2.59. The molecular formula is C28H25BrN2O6. The van der Waals surface area contributed by atoms with Crippen molar-refractivity contribution in [2.45, 2.75) is 23.5 Å². The van der Waals surface area contributed by atoms with Crippen LogP contribution in [0, 0.1) is 0 Å². The van der Waals surface area contributed by atoms with Crippen molar-refractivity contribution in [2.24, 2.45) is 0 Å². The number of likely N-dealkylation sites (tertiary alicyclic amines) is 1. The van der Waals surface area contributed by atoms with Crippen LogP contribution < -0.4 is 0 Å². The van der Waals surface area contributed by atoms with Crippen LogP contribution in [0.5, 0.6) is 0 Å². The van der Waals surface area contributed by atoms with E-state index >= 15 is 0 Å². The van der Waals surface area contributed by atoms with Crippen molar-refractivity contribution < 1.29 is 28.9 Å². The first-order chi connectivity index (χ1) is 17.9. The van der Waals surface area contributed by atoms with Crippen molar-refractivity contribution in [3.8, 4) is 11.1 Å². The highest BCUT2D eigenvalue weighted by molar-refractivity contribution is 9.10. The summed E-state index contributed by atoms with van der Waals surface area (Å²) in [5.74, 6) is -1.07. The third kappa shape index (κ3) is 4.31. The molecule has 1 atom stereocenters. The molecule has 2 aliphatic heterocycles. The predicted octanol–water partition coefficient (Wildman–Crippen LogP) is 4.56. The lowest BCUT2D eigenvalue weighted by atomic mass is 9.83. The molecule has 3 heterocycles. The fraction of sp³-hybridized carbons (Fsp3) is 0.321. The fourth-order valence-corrected chi connectivity index (χ4v) is 5.97. The van der Waals surface area contributed by atoms with Crippen molar-refractivity contribution in [1.82, 2.24) is 9.88 Å². The van der Waals surface area contributed by atoms with Crippen LogP contribution in [0.4, 0.5) is 4.79 Å². The lowest BCUT2D eigenvalue weighted by molar-refractivity contribution is -0.151. The van der Waals surface area contributed by atoms with E-state index in [9.17, 15) is 14.7 Å². The van der Waals surface area contributed by atoms with Crippen LogP contribution in [0.2, 0.25) is 0 Å². The number of amides is 1. The van der Waals surface area contributed by atoms with Crippen molar-refractivity contribution >= 4 is 28.0 Å². The smallest absolute Gasteiger partial charge is 0.409 e. The zero-order valence-electron chi connectivity index (χ0n) is 19.9. The molecule has 37 heavy (non-hydrogen) atoms. The summed E-state index contributed by atoms with van der Waals surface area (Å²) < 4.78 is 18.6. The summed E-state index contributed by atoms with van der Waals surface area (Å²) >= 11 is 3.38. The summed E-state index contributed by atoms with van der Waals surface area (Å²) in [6.45, 7) is 0.642. The Hall–Kier alpha value is -3.27. The van der Waals surface area contributed by atoms with E-state index < -0.39 is 23.8 Å². The standard InChI is InChI=1S/C28H25BrN2O6/c29-18-9-10-24(30-11-18)28(36-13-25(32)33)14-27(37-17-28)15-31(16-27)26(34)35-12-23-21-7-3-1-5-19(21)20-6-2-4-8-22(20)23/h1-11,23H,12-17H2,(H,32,33). The number of nitrogens with zero attached hydrogens (tertiary/aromatic N) is 2. The Labute approximate surface area is 222 Å². The first-order valence-electron chi connectivity index (χ1n) is 12.1. The van der Waals surface area contributed by atoms with Crippen molar-refractivity contribution in [2.75, 3.05) is 32.9 Å². The number of rotatable bonds is 6. The number of hydrogen-bond acceptors (Lipinski definition) is 6. The van der Waals surface area contributed by atoms with Crippen LogP contribution in [0.15, 0.2) is 71.3 Å². The molecule has 0 saturated carbocycles. The number of carbonyl (C=O) groups excluding carboxylic acids is 1. The molecule has 0 bridgehead atoms. The second-order valence-electron chi connectivity index (χ2n) is 9.85. The van der Waals surface area contributed by atoms with E-state index in [-0.39, 0.29) is 25.2 Å². The molecule has 3 aromatic rings. The first-order valence-corrected chi connectivity index (χ1v) is 12.9. The van der Waals surface area contributed by atoms with E-state index in [1.165, 1.54) is 11.1 Å². The van der Waals surface area contributed by atoms with E-state index in [0.29, 0.717) is 25.2 Å². The summed E-state index contributed by atoms with van der Waals surface area (Å²) in [6, 6.07) is 20.1. The summed E-state index contributed by atoms with van der Waals surface area (Å²) in [4.78, 5) is 30.3. The molecule has 1 aromatic heterocycles. The highest BCUT2D eigenvalue weighted by atomic mass is 79.9. The number of aromatic nitrogens is 1. The molecule has 9 heteroatoms. The normalized spacial score (nSPS) is 21.4. The van der Waals surface area contributed by atoms with Crippen molar-refractivity contribution in [1.29, 1.82) is 0 Å². The topological polar surface area (TPSA) is 98.2 Å². The summed E-state index contributed by atoms with van der Waals surface area (Å²) in [5, 5.41) is 9.20. The average molecular weight is 565 g/mol. The number of carboxylic acid groups (broad SMARTS) is 1. The lowest BCUT2D eigenvalue weighted by Gasteiger charge is -2.46. The largest absolute Gasteiger partial charge is 0.480 e. The van der Waals surface area contributed by atoms with Gasteiger partial charge in [-0.3, -0.25) is 4.98 Å². The maximum atomic E-state index is 13.0. The average Bonchev–Trinajstić information content (AvgIpc) is 3.43. The van der Waals surface area contributed by atoms with E-state index in [0.717, 1.165) is 15.6 Å². The third-order valence-corrected chi connectivity index (χ3v) is 7.91. The molecule has 1 N–H and O–H groups in total. The van der Waals surface area contributed by atoms with E-state index in [1.807, 2.05) is 30.3 Å². The van der Waals surface area contributed by atoms with Gasteiger partial charge in [0, 0.05) is 23.0 Å². The third-order valence-electron chi connectivity index (χ3n) is 7.44. The maximum absolute atomic E-state index is 13.0. The van der Waals surface area contributed by atoms with Gasteiger partial charge in [-0.05, 0) is 50.3 Å². The fourth-order valence-electron chi connectivity index (χ4n) is 5.74. The minimum Gasteiger partial charge on any atom is -0.480 e. The van der Waals surface area contributed by atoms with Gasteiger partial charge in [0.1, 0.15) is 24.4 Å². The Morgan fingerprint density at radius 3 is 2.35 bits per heavy atom. The summed E-state index contributed by atoms with van der Waals surface area (Å²) in [7, 11) is 0. The SMILES string of the molecule is O=C(O)COC1(c2ccc(Br)cn2)COC2(CN(C(=O)OCC3c4ccccc4-c4ccccc43)C2)C1. The molecule has 1 unspecified atom stereocenters. The molecular weight excluding hydrogens is 540 g/mol. The van der Waals surface area contributed by atoms with Gasteiger partial charge < -0.3 is 24.2 Å². The zero-order chi connectivity index (χ0) is 25.6. The van der Waals surface area contributed by atoms with Gasteiger partial charge in [0.25, 0.3) is 0 Å². The lowest BCUT2D eigenvalue weighted by Crippen LogP contribution is -2.63. The van der Waals surface area contributed by atoms with Crippen LogP contribution in [0.25, 0.3) is 11.1 Å². The molecule has 8 nitrogen and oxygen atoms in total. The molecule has 2 saturated heterocycles. The van der Waals surface area contributed by atoms with Gasteiger partial charge in [-0.2, -0.15) is 0 Å². The van der Waals surface area contributed by atoms with Crippen LogP contribution in [-0.4, -0.2) is 65.6 Å². The molecule has 190 valence electrons. The second-order valence-corrected chi connectivity index (χ2v) is 10.8. The number of benzene rings is 2. The molecule has 6 rings (SSSR count). The van der Waals surface area contributed by atoms with E-state index in [2.05, 4.69) is 45.2 Å². The Kier molecular flexibility index (Phi) is 6.01. The monoisotopic (exact) mass is 564 g/mol. The molecule has 2 aromatic carbocycles. The van der Waals surface area contributed by atoms with Gasteiger partial charge >= 0.3 is 12.1 Å². The summed E-state index contributed by atoms with van der Waals surface area (Å²) in [6.07, 6.45) is 1.66. The number of fused-ring (bicyclic) bond motifs is 3. The molecule has 0 radical (unpaired) electrons. The second kappa shape index (κ2) is 9.24. The first kappa shape index (κ1) is 24.1. The van der Waals surface area contributed by atoms with Crippen LogP contribution in [0.1, 0.15) is 29.2 Å². The van der Waals surface area contributed by atoms with Crippen LogP contribution in [0.3, 0.4) is 0 Å². The number of ether oxygens (including phenoxy) is 3. The van der Waals surface area contributed by atoms with E-state index in [1.54, 1.807) is 17.2 Å².